The van der Waals surface area contributed by atoms with E-state index in [0.29, 0.717) is 6.61 Å². The molecule has 0 saturated heterocycles. The summed E-state index contributed by atoms with van der Waals surface area (Å²) < 4.78 is 8.15. The van der Waals surface area contributed by atoms with Crippen LogP contribution in [0.25, 0.3) is 0 Å². The van der Waals surface area contributed by atoms with Crippen molar-refractivity contribution in [2.24, 2.45) is 0 Å². The molecule has 0 aliphatic heterocycles. The summed E-state index contributed by atoms with van der Waals surface area (Å²) in [5, 5.41) is 0.246. The van der Waals surface area contributed by atoms with Gasteiger partial charge >= 0.3 is 0 Å². The second-order valence-corrected chi connectivity index (χ2v) is 13.1. The zero-order valence-corrected chi connectivity index (χ0v) is 15.4. The Bertz CT molecular complexity index is 409. The third kappa shape index (κ3) is 3.57. The van der Waals surface area contributed by atoms with Crippen LogP contribution < -0.4 is 0 Å². The van der Waals surface area contributed by atoms with Crippen LogP contribution in [0.2, 0.25) is 22.5 Å². The van der Waals surface area contributed by atoms with Gasteiger partial charge in [-0.2, -0.15) is 0 Å². The molecule has 1 heterocycles. The van der Waals surface area contributed by atoms with Crippen molar-refractivity contribution < 1.29 is 4.43 Å². The molecule has 0 fully saturated rings. The largest absolute Gasteiger partial charge is 0.412 e. The lowest BCUT2D eigenvalue weighted by atomic mass is 10.2. The van der Waals surface area contributed by atoms with Crippen LogP contribution in [-0.4, -0.2) is 8.32 Å². The quantitative estimate of drug-likeness (QED) is 0.605. The highest BCUT2D eigenvalue weighted by Crippen LogP contribution is 2.40. The van der Waals surface area contributed by atoms with Gasteiger partial charge in [-0.25, -0.2) is 0 Å². The van der Waals surface area contributed by atoms with E-state index in [9.17, 15) is 0 Å². The summed E-state index contributed by atoms with van der Waals surface area (Å²) in [6, 6.07) is 0. The molecule has 17 heavy (non-hydrogen) atoms. The predicted octanol–water partition coefficient (Wildman–Crippen LogP) is 5.99. The second kappa shape index (κ2) is 5.33. The molecule has 98 valence electrons. The lowest BCUT2D eigenvalue weighted by Crippen LogP contribution is -2.40. The smallest absolute Gasteiger partial charge is 0.192 e. The topological polar surface area (TPSA) is 9.23 Å². The Labute approximate surface area is 123 Å². The normalized spacial score (nSPS) is 13.2. The van der Waals surface area contributed by atoms with Crippen molar-refractivity contribution in [1.29, 1.82) is 0 Å². The fraction of sp³-hybridized carbons (Fsp3) is 0.667. The molecule has 0 aliphatic carbocycles. The highest BCUT2D eigenvalue weighted by molar-refractivity contribution is 9.10. The Morgan fingerprint density at radius 1 is 1.35 bits per heavy atom. The van der Waals surface area contributed by atoms with Gasteiger partial charge in [-0.15, -0.1) is 11.3 Å². The Hall–Kier alpha value is 0.647. The molecule has 0 bridgehead atoms. The van der Waals surface area contributed by atoms with Gasteiger partial charge in [-0.05, 0) is 46.5 Å². The first kappa shape index (κ1) is 15.7. The Morgan fingerprint density at radius 2 is 1.88 bits per heavy atom. The van der Waals surface area contributed by atoms with E-state index in [1.165, 1.54) is 4.88 Å². The number of hydrogen-bond donors (Lipinski definition) is 0. The van der Waals surface area contributed by atoms with Crippen LogP contribution in [-0.2, 0) is 11.0 Å². The van der Waals surface area contributed by atoms with E-state index < -0.39 is 8.32 Å². The minimum absolute atomic E-state index is 0.246. The van der Waals surface area contributed by atoms with E-state index in [1.807, 2.05) is 6.92 Å². The monoisotopic (exact) mass is 354 g/mol. The van der Waals surface area contributed by atoms with Gasteiger partial charge in [0.2, 0.25) is 0 Å². The highest BCUT2D eigenvalue weighted by atomic mass is 79.9. The van der Waals surface area contributed by atoms with Crippen molar-refractivity contribution in [1.82, 2.24) is 0 Å². The van der Waals surface area contributed by atoms with Gasteiger partial charge in [0.25, 0.3) is 0 Å². The molecule has 1 nitrogen and oxygen atoms in total. The summed E-state index contributed by atoms with van der Waals surface area (Å²) >= 11 is 11.3. The maximum atomic E-state index is 6.19. The second-order valence-electron chi connectivity index (χ2n) is 5.79. The molecule has 1 aromatic heterocycles. The van der Waals surface area contributed by atoms with Crippen molar-refractivity contribution >= 4 is 47.2 Å². The van der Waals surface area contributed by atoms with Crippen molar-refractivity contribution in [3.63, 3.8) is 0 Å². The minimum atomic E-state index is -1.68. The Morgan fingerprint density at radius 3 is 2.24 bits per heavy atom. The van der Waals surface area contributed by atoms with Gasteiger partial charge in [0.15, 0.2) is 8.32 Å². The predicted molar refractivity (Wildman–Crippen MR) is 83.8 cm³/mol. The lowest BCUT2D eigenvalue weighted by Gasteiger charge is -2.36. The third-order valence-electron chi connectivity index (χ3n) is 3.45. The molecule has 0 atom stereocenters. The van der Waals surface area contributed by atoms with E-state index in [-0.39, 0.29) is 5.04 Å². The van der Waals surface area contributed by atoms with Crippen LogP contribution in [0.5, 0.6) is 0 Å². The maximum Gasteiger partial charge on any atom is 0.192 e. The summed E-state index contributed by atoms with van der Waals surface area (Å²) in [6.07, 6.45) is 0. The van der Waals surface area contributed by atoms with Crippen LogP contribution >= 0.6 is 38.9 Å². The lowest BCUT2D eigenvalue weighted by molar-refractivity contribution is 0.279. The van der Waals surface area contributed by atoms with E-state index in [2.05, 4.69) is 49.8 Å². The van der Waals surface area contributed by atoms with Crippen LogP contribution in [0.3, 0.4) is 0 Å². The molecule has 1 rings (SSSR count). The van der Waals surface area contributed by atoms with Crippen molar-refractivity contribution in [2.75, 3.05) is 0 Å². The number of halogens is 2. The van der Waals surface area contributed by atoms with E-state index in [4.69, 9.17) is 16.0 Å². The summed E-state index contributed by atoms with van der Waals surface area (Å²) in [6.45, 7) is 14.0. The fourth-order valence-electron chi connectivity index (χ4n) is 1.08. The average molecular weight is 356 g/mol. The molecule has 0 saturated carbocycles. The van der Waals surface area contributed by atoms with Gasteiger partial charge in [0.1, 0.15) is 0 Å². The molecule has 0 amide bonds. The molecule has 0 aromatic carbocycles. The molecule has 1 aromatic rings. The van der Waals surface area contributed by atoms with Gasteiger partial charge in [0, 0.05) is 9.35 Å². The van der Waals surface area contributed by atoms with E-state index >= 15 is 0 Å². The molecule has 0 N–H and O–H groups in total. The minimum Gasteiger partial charge on any atom is -0.412 e. The summed E-state index contributed by atoms with van der Waals surface area (Å²) in [5.41, 5.74) is 1.12. The molecule has 5 heteroatoms. The molecule has 0 aliphatic rings. The van der Waals surface area contributed by atoms with Gasteiger partial charge in [0.05, 0.1) is 10.9 Å². The Balaban J connectivity index is 2.78. The van der Waals surface area contributed by atoms with E-state index in [0.717, 1.165) is 14.4 Å². The average Bonchev–Trinajstić information content (AvgIpc) is 2.41. The summed E-state index contributed by atoms with van der Waals surface area (Å²) in [4.78, 5) is 1.19. The fourth-order valence-corrected chi connectivity index (χ4v) is 4.13. The van der Waals surface area contributed by atoms with Crippen molar-refractivity contribution in [2.45, 2.75) is 52.4 Å². The first-order valence-corrected chi connectivity index (χ1v) is 10.5. The first-order chi connectivity index (χ1) is 7.56. The molecular formula is C12H20BrClOSSi. The van der Waals surface area contributed by atoms with Crippen LogP contribution in [0.4, 0.5) is 0 Å². The molecule has 0 unspecified atom stereocenters. The molecule has 0 spiro atoms. The first-order valence-electron chi connectivity index (χ1n) is 5.63. The van der Waals surface area contributed by atoms with E-state index in [1.54, 1.807) is 11.3 Å². The summed E-state index contributed by atoms with van der Waals surface area (Å²) in [5.74, 6) is 0. The van der Waals surface area contributed by atoms with Gasteiger partial charge in [-0.3, -0.25) is 0 Å². The Kier molecular flexibility index (Phi) is 4.93. The SMILES string of the molecule is Cc1c(Cl)sc(CO[Si](C)(C)C(C)(C)C)c1Br. The number of hydrogen-bond acceptors (Lipinski definition) is 2. The standard InChI is InChI=1S/C12H20BrClOSSi/c1-8-10(13)9(16-11(8)14)7-15-17(5,6)12(2,3)4/h7H2,1-6H3. The zero-order chi connectivity index (χ0) is 13.4. The third-order valence-corrected chi connectivity index (χ3v) is 10.8. The van der Waals surface area contributed by atoms with Gasteiger partial charge < -0.3 is 4.43 Å². The van der Waals surface area contributed by atoms with Crippen molar-refractivity contribution in [3.8, 4) is 0 Å². The molecular weight excluding hydrogens is 336 g/mol. The molecule has 0 radical (unpaired) electrons. The van der Waals surface area contributed by atoms with Crippen LogP contribution in [0.1, 0.15) is 31.2 Å². The number of thiophene rings is 1. The number of rotatable bonds is 3. The summed E-state index contributed by atoms with van der Waals surface area (Å²) in [7, 11) is -1.68. The van der Waals surface area contributed by atoms with Gasteiger partial charge in [-0.1, -0.05) is 32.4 Å². The van der Waals surface area contributed by atoms with Crippen molar-refractivity contribution in [3.05, 3.63) is 19.2 Å². The zero-order valence-electron chi connectivity index (χ0n) is 11.3. The highest BCUT2D eigenvalue weighted by Gasteiger charge is 2.37. The maximum absolute atomic E-state index is 6.19. The van der Waals surface area contributed by atoms with Crippen LogP contribution in [0.15, 0.2) is 4.47 Å². The van der Waals surface area contributed by atoms with Crippen LogP contribution in [0, 0.1) is 6.92 Å².